The quantitative estimate of drug-likeness (QED) is 0.808. The first-order chi connectivity index (χ1) is 8.25. The fraction of sp³-hybridized carbons (Fsp3) is 0.429. The number of hydrogen-bond donors (Lipinski definition) is 1. The summed E-state index contributed by atoms with van der Waals surface area (Å²) in [5.74, 6) is 0.550. The number of hydrogen-bond acceptors (Lipinski definition) is 2. The minimum atomic E-state index is 0.0292. The first-order valence-corrected chi connectivity index (χ1v) is 6.11. The van der Waals surface area contributed by atoms with E-state index in [1.165, 1.54) is 0 Å². The van der Waals surface area contributed by atoms with Crippen molar-refractivity contribution in [3.05, 3.63) is 42.2 Å². The van der Waals surface area contributed by atoms with Gasteiger partial charge in [-0.25, -0.2) is 0 Å². The molecule has 0 unspecified atom stereocenters. The molecule has 2 rings (SSSR count). The van der Waals surface area contributed by atoms with Crippen LogP contribution in [-0.2, 0) is 4.79 Å². The van der Waals surface area contributed by atoms with Crippen LogP contribution in [0.1, 0.15) is 37.8 Å². The Labute approximate surface area is 102 Å². The smallest absolute Gasteiger partial charge is 0.221 e. The van der Waals surface area contributed by atoms with Crippen LogP contribution in [0.2, 0.25) is 0 Å². The lowest BCUT2D eigenvalue weighted by molar-refractivity contribution is -0.122. The second-order valence-electron chi connectivity index (χ2n) is 4.55. The highest BCUT2D eigenvalue weighted by Crippen LogP contribution is 2.20. The molecule has 90 valence electrons. The fourth-order valence-corrected chi connectivity index (χ4v) is 2.12. The predicted molar refractivity (Wildman–Crippen MR) is 67.3 cm³/mol. The normalized spacial score (nSPS) is 20.2. The lowest BCUT2D eigenvalue weighted by Gasteiger charge is -2.15. The molecular weight excluding hydrogens is 212 g/mol. The zero-order chi connectivity index (χ0) is 12.1. The zero-order valence-electron chi connectivity index (χ0n) is 10.1. The van der Waals surface area contributed by atoms with E-state index in [1.807, 2.05) is 19.1 Å². The lowest BCUT2D eigenvalue weighted by atomic mass is 10.0. The molecular formula is C14H18N2O. The standard InChI is InChI=1S/C14H18N2O/c1-11(13-7-4-8-15-10-13)16-14(17)9-12-5-2-3-6-12/h2,4-5,7-8,10-12H,3,6,9H2,1H3,(H,16,17)/t11-,12-/m0/s1. The van der Waals surface area contributed by atoms with Crippen molar-refractivity contribution in [1.29, 1.82) is 0 Å². The highest BCUT2D eigenvalue weighted by atomic mass is 16.1. The fourth-order valence-electron chi connectivity index (χ4n) is 2.12. The Morgan fingerprint density at radius 2 is 2.53 bits per heavy atom. The second-order valence-corrected chi connectivity index (χ2v) is 4.55. The molecule has 0 fully saturated rings. The Balaban J connectivity index is 1.84. The number of amides is 1. The molecule has 0 aliphatic heterocycles. The van der Waals surface area contributed by atoms with Crippen LogP contribution in [0.4, 0.5) is 0 Å². The van der Waals surface area contributed by atoms with Gasteiger partial charge < -0.3 is 5.32 Å². The van der Waals surface area contributed by atoms with Crippen molar-refractivity contribution in [3.8, 4) is 0 Å². The highest BCUT2D eigenvalue weighted by molar-refractivity contribution is 5.76. The van der Waals surface area contributed by atoms with E-state index in [-0.39, 0.29) is 11.9 Å². The number of nitrogens with one attached hydrogen (secondary N) is 1. The van der Waals surface area contributed by atoms with Crippen LogP contribution in [0, 0.1) is 5.92 Å². The first kappa shape index (κ1) is 11.8. The van der Waals surface area contributed by atoms with Gasteiger partial charge in [0.2, 0.25) is 5.91 Å². The van der Waals surface area contributed by atoms with Crippen LogP contribution in [0.3, 0.4) is 0 Å². The Morgan fingerprint density at radius 1 is 1.65 bits per heavy atom. The molecule has 3 heteroatoms. The Morgan fingerprint density at radius 3 is 3.18 bits per heavy atom. The van der Waals surface area contributed by atoms with E-state index >= 15 is 0 Å². The maximum Gasteiger partial charge on any atom is 0.221 e. The molecule has 2 atom stereocenters. The Kier molecular flexibility index (Phi) is 3.91. The number of pyridine rings is 1. The maximum absolute atomic E-state index is 11.8. The summed E-state index contributed by atoms with van der Waals surface area (Å²) in [6.45, 7) is 1.99. The van der Waals surface area contributed by atoms with Gasteiger partial charge in [0.05, 0.1) is 6.04 Å². The summed E-state index contributed by atoms with van der Waals surface area (Å²) in [6, 6.07) is 3.90. The Hall–Kier alpha value is -1.64. The minimum Gasteiger partial charge on any atom is -0.350 e. The molecule has 1 aliphatic rings. The van der Waals surface area contributed by atoms with E-state index in [0.29, 0.717) is 12.3 Å². The summed E-state index contributed by atoms with van der Waals surface area (Å²) in [5.41, 5.74) is 1.04. The summed E-state index contributed by atoms with van der Waals surface area (Å²) in [4.78, 5) is 15.9. The predicted octanol–water partition coefficient (Wildman–Crippen LogP) is 2.62. The summed E-state index contributed by atoms with van der Waals surface area (Å²) in [6.07, 6.45) is 10.6. The maximum atomic E-state index is 11.8. The van der Waals surface area contributed by atoms with Crippen molar-refractivity contribution in [2.45, 2.75) is 32.2 Å². The van der Waals surface area contributed by atoms with Crippen LogP contribution in [0.25, 0.3) is 0 Å². The van der Waals surface area contributed by atoms with Crippen LogP contribution >= 0.6 is 0 Å². The van der Waals surface area contributed by atoms with Gasteiger partial charge in [0, 0.05) is 18.8 Å². The van der Waals surface area contributed by atoms with E-state index in [1.54, 1.807) is 12.4 Å². The van der Waals surface area contributed by atoms with Crippen molar-refractivity contribution < 1.29 is 4.79 Å². The molecule has 1 aromatic heterocycles. The Bertz CT molecular complexity index is 400. The van der Waals surface area contributed by atoms with E-state index in [0.717, 1.165) is 18.4 Å². The topological polar surface area (TPSA) is 42.0 Å². The molecule has 0 saturated heterocycles. The van der Waals surface area contributed by atoms with E-state index in [9.17, 15) is 4.79 Å². The largest absolute Gasteiger partial charge is 0.350 e. The minimum absolute atomic E-state index is 0.0292. The number of carbonyl (C=O) groups excluding carboxylic acids is 1. The molecule has 17 heavy (non-hydrogen) atoms. The highest BCUT2D eigenvalue weighted by Gasteiger charge is 2.15. The second kappa shape index (κ2) is 5.62. The van der Waals surface area contributed by atoms with E-state index < -0.39 is 0 Å². The van der Waals surface area contributed by atoms with Crippen LogP contribution in [0.15, 0.2) is 36.7 Å². The average Bonchev–Trinajstić information content (AvgIpc) is 2.82. The molecule has 1 aliphatic carbocycles. The van der Waals surface area contributed by atoms with Gasteiger partial charge in [-0.3, -0.25) is 9.78 Å². The summed E-state index contributed by atoms with van der Waals surface area (Å²) in [7, 11) is 0. The van der Waals surface area contributed by atoms with Gasteiger partial charge in [0.1, 0.15) is 0 Å². The molecule has 0 spiro atoms. The van der Waals surface area contributed by atoms with Crippen LogP contribution < -0.4 is 5.32 Å². The number of aromatic nitrogens is 1. The first-order valence-electron chi connectivity index (χ1n) is 6.11. The van der Waals surface area contributed by atoms with E-state index in [4.69, 9.17) is 0 Å². The van der Waals surface area contributed by atoms with Gasteiger partial charge in [-0.05, 0) is 37.3 Å². The van der Waals surface area contributed by atoms with E-state index in [2.05, 4.69) is 22.5 Å². The molecule has 1 heterocycles. The molecule has 1 amide bonds. The number of nitrogens with zero attached hydrogens (tertiary/aromatic N) is 1. The number of carbonyl (C=O) groups is 1. The van der Waals surface area contributed by atoms with Gasteiger partial charge >= 0.3 is 0 Å². The van der Waals surface area contributed by atoms with Crippen molar-refractivity contribution in [1.82, 2.24) is 10.3 Å². The molecule has 0 saturated carbocycles. The summed E-state index contributed by atoms with van der Waals surface area (Å²) < 4.78 is 0. The molecule has 1 aromatic rings. The zero-order valence-corrected chi connectivity index (χ0v) is 10.1. The molecule has 0 radical (unpaired) electrons. The third-order valence-electron chi connectivity index (χ3n) is 3.12. The van der Waals surface area contributed by atoms with Gasteiger partial charge in [-0.2, -0.15) is 0 Å². The number of allylic oxidation sites excluding steroid dienone is 2. The van der Waals surface area contributed by atoms with Crippen molar-refractivity contribution in [2.24, 2.45) is 5.92 Å². The molecule has 0 aromatic carbocycles. The average molecular weight is 230 g/mol. The van der Waals surface area contributed by atoms with Crippen molar-refractivity contribution >= 4 is 5.91 Å². The number of rotatable bonds is 4. The molecule has 3 nitrogen and oxygen atoms in total. The summed E-state index contributed by atoms with van der Waals surface area (Å²) in [5, 5.41) is 3.01. The third kappa shape index (κ3) is 3.41. The van der Waals surface area contributed by atoms with Crippen molar-refractivity contribution in [3.63, 3.8) is 0 Å². The van der Waals surface area contributed by atoms with Gasteiger partial charge in [0.25, 0.3) is 0 Å². The molecule has 1 N–H and O–H groups in total. The summed E-state index contributed by atoms with van der Waals surface area (Å²) >= 11 is 0. The molecule has 0 bridgehead atoms. The monoisotopic (exact) mass is 230 g/mol. The van der Waals surface area contributed by atoms with Crippen LogP contribution in [-0.4, -0.2) is 10.9 Å². The van der Waals surface area contributed by atoms with Gasteiger partial charge in [0.15, 0.2) is 0 Å². The SMILES string of the molecule is C[C@H](NC(=O)C[C@H]1C=CCC1)c1cccnc1. The van der Waals surface area contributed by atoms with Gasteiger partial charge in [-0.1, -0.05) is 18.2 Å². The van der Waals surface area contributed by atoms with Crippen molar-refractivity contribution in [2.75, 3.05) is 0 Å². The van der Waals surface area contributed by atoms with Gasteiger partial charge in [-0.15, -0.1) is 0 Å². The third-order valence-corrected chi connectivity index (χ3v) is 3.12. The lowest BCUT2D eigenvalue weighted by Crippen LogP contribution is -2.27. The van der Waals surface area contributed by atoms with Crippen LogP contribution in [0.5, 0.6) is 0 Å².